The van der Waals surface area contributed by atoms with Gasteiger partial charge in [0.1, 0.15) is 0 Å². The van der Waals surface area contributed by atoms with E-state index in [1.54, 1.807) is 32.0 Å². The van der Waals surface area contributed by atoms with Crippen LogP contribution in [0.1, 0.15) is 30.8 Å². The summed E-state index contributed by atoms with van der Waals surface area (Å²) in [5.74, 6) is -1.43. The zero-order valence-electron chi connectivity index (χ0n) is 16.7. The Balaban J connectivity index is 2.34. The molecule has 0 aliphatic carbocycles. The normalized spacial score (nSPS) is 12.3. The maximum absolute atomic E-state index is 13.3. The quantitative estimate of drug-likeness (QED) is 0.276. The number of anilines is 1. The molecular weight excluding hydrogens is 435 g/mol. The minimum Gasteiger partial charge on any atom is -0.428 e. The zero-order chi connectivity index (χ0) is 22.3. The van der Waals surface area contributed by atoms with E-state index >= 15 is 0 Å². The average molecular weight is 457 g/mol. The molecule has 0 heterocycles. The third-order valence-electron chi connectivity index (χ3n) is 3.93. The lowest BCUT2D eigenvalue weighted by atomic mass is 10.2. The third-order valence-corrected chi connectivity index (χ3v) is 6.55. The number of carbonyl (C=O) groups excluding carboxylic acids is 1. The largest absolute Gasteiger partial charge is 0.428 e. The lowest BCUT2D eigenvalue weighted by Gasteiger charge is -2.26. The highest BCUT2D eigenvalue weighted by atomic mass is 35.5. The van der Waals surface area contributed by atoms with Crippen molar-refractivity contribution in [3.05, 3.63) is 68.7 Å². The Morgan fingerprint density at radius 2 is 1.77 bits per heavy atom. The number of nitrogens with one attached hydrogen (secondary N) is 1. The van der Waals surface area contributed by atoms with Gasteiger partial charge >= 0.3 is 13.7 Å². The molecule has 2 rings (SSSR count). The van der Waals surface area contributed by atoms with Crippen molar-refractivity contribution in [2.24, 2.45) is 0 Å². The van der Waals surface area contributed by atoms with Crippen molar-refractivity contribution in [2.75, 3.05) is 18.5 Å². The van der Waals surface area contributed by atoms with E-state index in [0.717, 1.165) is 5.56 Å². The van der Waals surface area contributed by atoms with Gasteiger partial charge in [-0.2, -0.15) is 0 Å². The van der Waals surface area contributed by atoms with Crippen LogP contribution in [0.4, 0.5) is 16.2 Å². The number of benzene rings is 2. The second-order valence-corrected chi connectivity index (χ2v) is 8.54. The molecule has 0 spiro atoms. The minimum absolute atomic E-state index is 0.0410. The summed E-state index contributed by atoms with van der Waals surface area (Å²) >= 11 is 6.06. The molecule has 1 N–H and O–H groups in total. The predicted octanol–water partition coefficient (Wildman–Crippen LogP) is 6.07. The Morgan fingerprint density at radius 3 is 2.27 bits per heavy atom. The van der Waals surface area contributed by atoms with Crippen molar-refractivity contribution in [1.82, 2.24) is 0 Å². The van der Waals surface area contributed by atoms with Crippen molar-refractivity contribution in [3.8, 4) is 0 Å². The van der Waals surface area contributed by atoms with Gasteiger partial charge in [0, 0.05) is 28.4 Å². The highest BCUT2D eigenvalue weighted by Gasteiger charge is 2.40. The Morgan fingerprint density at radius 1 is 1.17 bits per heavy atom. The molecule has 0 aromatic heterocycles. The summed E-state index contributed by atoms with van der Waals surface area (Å²) in [4.78, 5) is 22.8. The van der Waals surface area contributed by atoms with Gasteiger partial charge in [-0.15, -0.1) is 0 Å². The first-order valence-corrected chi connectivity index (χ1v) is 11.1. The van der Waals surface area contributed by atoms with Crippen molar-refractivity contribution < 1.29 is 28.1 Å². The van der Waals surface area contributed by atoms with Crippen LogP contribution in [0, 0.1) is 17.0 Å². The van der Waals surface area contributed by atoms with Crippen LogP contribution in [0.2, 0.25) is 5.02 Å². The summed E-state index contributed by atoms with van der Waals surface area (Å²) in [6, 6.07) is 10.00. The first-order valence-electron chi connectivity index (χ1n) is 9.07. The number of nitro benzene ring substituents is 1. The number of amides is 1. The molecule has 30 heavy (non-hydrogen) atoms. The smallest absolute Gasteiger partial charge is 0.412 e. The molecule has 1 atom stereocenters. The molecule has 162 valence electrons. The number of non-ortho nitro benzene ring substituents is 1. The maximum Gasteiger partial charge on any atom is 0.412 e. The van der Waals surface area contributed by atoms with Crippen LogP contribution >= 0.6 is 19.2 Å². The SMILES string of the molecule is CCOP(=O)(OCC)C(OC(=O)Nc1ccc(C)c(Cl)c1)c1ccc([N+](=O)[O-])cc1. The van der Waals surface area contributed by atoms with Gasteiger partial charge in [0.05, 0.1) is 18.1 Å². The number of rotatable bonds is 9. The fourth-order valence-electron chi connectivity index (χ4n) is 2.53. The van der Waals surface area contributed by atoms with Crippen molar-refractivity contribution in [1.29, 1.82) is 0 Å². The molecule has 2 aromatic rings. The zero-order valence-corrected chi connectivity index (χ0v) is 18.3. The number of nitrogens with zero attached hydrogens (tertiary/aromatic N) is 1. The standard InChI is InChI=1S/C19H22ClN2O7P/c1-4-27-30(26,28-5-2)18(14-7-10-16(11-8-14)22(24)25)29-19(23)21-15-9-6-13(3)17(20)12-15/h6-12,18H,4-5H2,1-3H3,(H,21,23). The van der Waals surface area contributed by atoms with E-state index in [9.17, 15) is 19.5 Å². The number of ether oxygens (including phenoxy) is 1. The van der Waals surface area contributed by atoms with E-state index in [2.05, 4.69) is 5.32 Å². The fourth-order valence-corrected chi connectivity index (χ4v) is 4.54. The first-order chi connectivity index (χ1) is 14.2. The minimum atomic E-state index is -3.95. The Labute approximate surface area is 179 Å². The van der Waals surface area contributed by atoms with Crippen LogP contribution < -0.4 is 5.32 Å². The predicted molar refractivity (Wildman–Crippen MR) is 113 cm³/mol. The molecule has 0 radical (unpaired) electrons. The summed E-state index contributed by atoms with van der Waals surface area (Å²) in [6.07, 6.45) is -0.919. The van der Waals surface area contributed by atoms with Crippen LogP contribution in [-0.2, 0) is 18.3 Å². The van der Waals surface area contributed by atoms with Crippen molar-refractivity contribution in [2.45, 2.75) is 26.6 Å². The van der Waals surface area contributed by atoms with Gasteiger partial charge in [0.2, 0.25) is 5.85 Å². The van der Waals surface area contributed by atoms with Crippen LogP contribution in [-0.4, -0.2) is 24.2 Å². The van der Waals surface area contributed by atoms with E-state index in [1.807, 2.05) is 6.92 Å². The number of carbonyl (C=O) groups is 1. The van der Waals surface area contributed by atoms with Crippen LogP contribution in [0.15, 0.2) is 42.5 Å². The topological polar surface area (TPSA) is 117 Å². The maximum atomic E-state index is 13.3. The molecule has 11 heteroatoms. The van der Waals surface area contributed by atoms with E-state index in [1.165, 1.54) is 24.3 Å². The molecule has 0 bridgehead atoms. The summed E-state index contributed by atoms with van der Waals surface area (Å²) < 4.78 is 29.4. The van der Waals surface area contributed by atoms with Gasteiger partial charge in [0.25, 0.3) is 5.69 Å². The molecule has 2 aromatic carbocycles. The van der Waals surface area contributed by atoms with Gasteiger partial charge in [-0.1, -0.05) is 17.7 Å². The van der Waals surface area contributed by atoms with Gasteiger partial charge in [-0.25, -0.2) is 4.79 Å². The van der Waals surface area contributed by atoms with Crippen molar-refractivity contribution in [3.63, 3.8) is 0 Å². The second-order valence-electron chi connectivity index (χ2n) is 6.07. The molecular formula is C19H22ClN2O7P. The lowest BCUT2D eigenvalue weighted by Crippen LogP contribution is -2.19. The Bertz CT molecular complexity index is 942. The molecule has 9 nitrogen and oxygen atoms in total. The highest BCUT2D eigenvalue weighted by Crippen LogP contribution is 2.61. The van der Waals surface area contributed by atoms with Crippen LogP contribution in [0.5, 0.6) is 0 Å². The number of aryl methyl sites for hydroxylation is 1. The highest BCUT2D eigenvalue weighted by molar-refractivity contribution is 7.54. The van der Waals surface area contributed by atoms with E-state index in [4.69, 9.17) is 25.4 Å². The van der Waals surface area contributed by atoms with Gasteiger partial charge in [-0.05, 0) is 50.6 Å². The lowest BCUT2D eigenvalue weighted by molar-refractivity contribution is -0.384. The van der Waals surface area contributed by atoms with E-state index in [-0.39, 0.29) is 24.5 Å². The fraction of sp³-hybridized carbons (Fsp3) is 0.316. The third kappa shape index (κ3) is 6.03. The van der Waals surface area contributed by atoms with Gasteiger partial charge in [0.15, 0.2) is 0 Å². The average Bonchev–Trinajstić information content (AvgIpc) is 2.69. The molecule has 0 saturated carbocycles. The molecule has 1 unspecified atom stereocenters. The Hall–Kier alpha value is -2.45. The summed E-state index contributed by atoms with van der Waals surface area (Å²) in [5, 5.41) is 13.9. The molecule has 0 aliphatic heterocycles. The van der Waals surface area contributed by atoms with Crippen LogP contribution in [0.3, 0.4) is 0 Å². The van der Waals surface area contributed by atoms with Gasteiger partial charge < -0.3 is 13.8 Å². The number of hydrogen-bond acceptors (Lipinski definition) is 7. The number of halogens is 1. The van der Waals surface area contributed by atoms with Gasteiger partial charge in [-0.3, -0.25) is 20.0 Å². The number of hydrogen-bond donors (Lipinski definition) is 1. The molecule has 1 amide bonds. The summed E-state index contributed by atoms with van der Waals surface area (Å²) in [6.45, 7) is 5.13. The second kappa shape index (κ2) is 10.5. The number of nitro groups is 1. The summed E-state index contributed by atoms with van der Waals surface area (Å²) in [5.41, 5.74) is 1.26. The monoisotopic (exact) mass is 456 g/mol. The van der Waals surface area contributed by atoms with Crippen LogP contribution in [0.25, 0.3) is 0 Å². The van der Waals surface area contributed by atoms with E-state index in [0.29, 0.717) is 10.7 Å². The van der Waals surface area contributed by atoms with Crippen molar-refractivity contribution >= 4 is 36.7 Å². The first kappa shape index (κ1) is 23.8. The molecule has 0 saturated heterocycles. The van der Waals surface area contributed by atoms with E-state index < -0.39 is 24.5 Å². The molecule has 0 aliphatic rings. The summed E-state index contributed by atoms with van der Waals surface area (Å²) in [7, 11) is -3.95. The molecule has 0 fully saturated rings. The Kier molecular flexibility index (Phi) is 8.37.